The third kappa shape index (κ3) is 3.19. The number of benzene rings is 1. The Bertz CT molecular complexity index is 447. The van der Waals surface area contributed by atoms with Crippen LogP contribution in [0.4, 0.5) is 5.69 Å². The Kier molecular flexibility index (Phi) is 4.94. The minimum atomic E-state index is -0.915. The van der Waals surface area contributed by atoms with Crippen molar-refractivity contribution in [2.45, 2.75) is 26.7 Å². The van der Waals surface area contributed by atoms with Crippen molar-refractivity contribution in [3.8, 4) is 6.07 Å². The van der Waals surface area contributed by atoms with Gasteiger partial charge in [-0.15, -0.1) is 0 Å². The Labute approximate surface area is 115 Å². The molecule has 0 spiro atoms. The normalized spacial score (nSPS) is 10.7. The molecule has 17 heavy (non-hydrogen) atoms. The first kappa shape index (κ1) is 14.0. The van der Waals surface area contributed by atoms with Crippen molar-refractivity contribution in [2.24, 2.45) is 5.41 Å². The van der Waals surface area contributed by atoms with E-state index < -0.39 is 5.41 Å². The van der Waals surface area contributed by atoms with E-state index in [4.69, 9.17) is 5.26 Å². The van der Waals surface area contributed by atoms with Crippen molar-refractivity contribution in [3.63, 3.8) is 0 Å². The van der Waals surface area contributed by atoms with Gasteiger partial charge in [0.15, 0.2) is 0 Å². The van der Waals surface area contributed by atoms with Crippen LogP contribution in [0.3, 0.4) is 0 Å². The van der Waals surface area contributed by atoms with E-state index >= 15 is 0 Å². The Hall–Kier alpha value is -1.09. The van der Waals surface area contributed by atoms with Crippen LogP contribution in [-0.4, -0.2) is 5.91 Å². The van der Waals surface area contributed by atoms with Crippen molar-refractivity contribution in [1.82, 2.24) is 0 Å². The molecule has 0 saturated heterocycles. The van der Waals surface area contributed by atoms with E-state index in [-0.39, 0.29) is 5.91 Å². The summed E-state index contributed by atoms with van der Waals surface area (Å²) >= 11 is 2.18. The van der Waals surface area contributed by atoms with Gasteiger partial charge in [0.25, 0.3) is 0 Å². The lowest BCUT2D eigenvalue weighted by atomic mass is 9.83. The zero-order valence-electron chi connectivity index (χ0n) is 9.96. The van der Waals surface area contributed by atoms with Gasteiger partial charge in [0.05, 0.1) is 6.07 Å². The van der Waals surface area contributed by atoms with Gasteiger partial charge in [-0.25, -0.2) is 0 Å². The minimum Gasteiger partial charge on any atom is -0.325 e. The fraction of sp³-hybridized carbons (Fsp3) is 0.385. The quantitative estimate of drug-likeness (QED) is 0.851. The molecular weight excluding hydrogens is 327 g/mol. The van der Waals surface area contributed by atoms with Crippen molar-refractivity contribution >= 4 is 34.2 Å². The number of amides is 1. The molecule has 0 aromatic heterocycles. The maximum Gasteiger partial charge on any atom is 0.244 e. The molecule has 0 aliphatic heterocycles. The van der Waals surface area contributed by atoms with E-state index in [1.54, 1.807) is 0 Å². The number of anilines is 1. The highest BCUT2D eigenvalue weighted by Gasteiger charge is 2.34. The zero-order chi connectivity index (χ0) is 12.9. The number of rotatable bonds is 4. The van der Waals surface area contributed by atoms with Gasteiger partial charge in [0, 0.05) is 9.26 Å². The van der Waals surface area contributed by atoms with Crippen LogP contribution in [-0.2, 0) is 4.79 Å². The number of hydrogen-bond donors (Lipinski definition) is 1. The topological polar surface area (TPSA) is 52.9 Å². The van der Waals surface area contributed by atoms with Crippen molar-refractivity contribution in [3.05, 3.63) is 27.8 Å². The first-order valence-corrected chi connectivity index (χ1v) is 6.64. The van der Waals surface area contributed by atoms with Gasteiger partial charge in [-0.3, -0.25) is 4.79 Å². The van der Waals surface area contributed by atoms with Crippen LogP contribution in [0, 0.1) is 20.3 Å². The highest BCUT2D eigenvalue weighted by molar-refractivity contribution is 14.1. The molecule has 3 nitrogen and oxygen atoms in total. The molecule has 1 N–H and O–H groups in total. The third-order valence-corrected chi connectivity index (χ3v) is 3.61. The summed E-state index contributed by atoms with van der Waals surface area (Å²) in [6.45, 7) is 3.72. The maximum atomic E-state index is 12.1. The summed E-state index contributed by atoms with van der Waals surface area (Å²) in [7, 11) is 0. The summed E-state index contributed by atoms with van der Waals surface area (Å²) in [5.74, 6) is -0.216. The Morgan fingerprint density at radius 2 is 2.12 bits per heavy atom. The van der Waals surface area contributed by atoms with Gasteiger partial charge >= 0.3 is 0 Å². The molecule has 0 fully saturated rings. The molecule has 0 radical (unpaired) electrons. The van der Waals surface area contributed by atoms with Crippen LogP contribution in [0.2, 0.25) is 0 Å². The summed E-state index contributed by atoms with van der Waals surface area (Å²) in [6.07, 6.45) is 1.05. The number of carbonyl (C=O) groups excluding carboxylic acids is 1. The second-order valence-corrected chi connectivity index (χ2v) is 5.11. The van der Waals surface area contributed by atoms with E-state index in [9.17, 15) is 4.79 Å². The van der Waals surface area contributed by atoms with E-state index in [1.807, 2.05) is 38.1 Å². The molecule has 0 heterocycles. The summed E-state index contributed by atoms with van der Waals surface area (Å²) in [6, 6.07) is 9.67. The predicted octanol–water partition coefficient (Wildman–Crippen LogP) is 3.56. The standard InChI is InChI=1S/C13H15IN2O/c1-3-13(4-2,9-15)12(17)16-11-7-5-6-10(14)8-11/h5-8H,3-4H2,1-2H3,(H,16,17). The molecule has 90 valence electrons. The molecule has 1 aromatic rings. The molecular formula is C13H15IN2O. The molecule has 1 rings (SSSR count). The van der Waals surface area contributed by atoms with Gasteiger partial charge in [-0.1, -0.05) is 19.9 Å². The number of nitrogens with zero attached hydrogens (tertiary/aromatic N) is 1. The van der Waals surface area contributed by atoms with Gasteiger partial charge in [0.1, 0.15) is 5.41 Å². The Morgan fingerprint density at radius 3 is 2.59 bits per heavy atom. The summed E-state index contributed by atoms with van der Waals surface area (Å²) in [4.78, 5) is 12.1. The second kappa shape index (κ2) is 6.01. The van der Waals surface area contributed by atoms with Crippen LogP contribution in [0.25, 0.3) is 0 Å². The first-order valence-electron chi connectivity index (χ1n) is 5.56. The highest BCUT2D eigenvalue weighted by atomic mass is 127. The van der Waals surface area contributed by atoms with Crippen LogP contribution < -0.4 is 5.32 Å². The van der Waals surface area contributed by atoms with E-state index in [0.29, 0.717) is 12.8 Å². The highest BCUT2D eigenvalue weighted by Crippen LogP contribution is 2.27. The smallest absolute Gasteiger partial charge is 0.244 e. The lowest BCUT2D eigenvalue weighted by Crippen LogP contribution is -2.33. The lowest BCUT2D eigenvalue weighted by molar-refractivity contribution is -0.123. The molecule has 0 aliphatic carbocycles. The van der Waals surface area contributed by atoms with Gasteiger partial charge in [-0.2, -0.15) is 5.26 Å². The lowest BCUT2D eigenvalue weighted by Gasteiger charge is -2.22. The first-order chi connectivity index (χ1) is 8.07. The minimum absolute atomic E-state index is 0.216. The Morgan fingerprint density at radius 1 is 1.47 bits per heavy atom. The summed E-state index contributed by atoms with van der Waals surface area (Å²) in [5, 5.41) is 12.0. The van der Waals surface area contributed by atoms with Crippen molar-refractivity contribution < 1.29 is 4.79 Å². The number of halogens is 1. The molecule has 1 amide bonds. The molecule has 1 aromatic carbocycles. The van der Waals surface area contributed by atoms with Crippen LogP contribution in [0.15, 0.2) is 24.3 Å². The molecule has 0 unspecified atom stereocenters. The zero-order valence-corrected chi connectivity index (χ0v) is 12.1. The predicted molar refractivity (Wildman–Crippen MR) is 76.4 cm³/mol. The molecule has 4 heteroatoms. The van der Waals surface area contributed by atoms with E-state index in [2.05, 4.69) is 34.0 Å². The second-order valence-electron chi connectivity index (χ2n) is 3.87. The van der Waals surface area contributed by atoms with Gasteiger partial charge < -0.3 is 5.32 Å². The third-order valence-electron chi connectivity index (χ3n) is 2.94. The van der Waals surface area contributed by atoms with E-state index in [0.717, 1.165) is 9.26 Å². The fourth-order valence-corrected chi connectivity index (χ4v) is 2.14. The van der Waals surface area contributed by atoms with Crippen molar-refractivity contribution in [2.75, 3.05) is 5.32 Å². The number of nitriles is 1. The maximum absolute atomic E-state index is 12.1. The number of hydrogen-bond acceptors (Lipinski definition) is 2. The molecule has 0 bridgehead atoms. The molecule has 0 atom stereocenters. The van der Waals surface area contributed by atoms with E-state index in [1.165, 1.54) is 0 Å². The Balaban J connectivity index is 2.89. The largest absolute Gasteiger partial charge is 0.325 e. The number of nitrogens with one attached hydrogen (secondary N) is 1. The van der Waals surface area contributed by atoms with Crippen LogP contribution in [0.5, 0.6) is 0 Å². The van der Waals surface area contributed by atoms with Gasteiger partial charge in [-0.05, 0) is 53.6 Å². The summed E-state index contributed by atoms with van der Waals surface area (Å²) in [5.41, 5.74) is -0.176. The van der Waals surface area contributed by atoms with Crippen LogP contribution in [0.1, 0.15) is 26.7 Å². The SMILES string of the molecule is CCC(C#N)(CC)C(=O)Nc1cccc(I)c1. The average molecular weight is 342 g/mol. The summed E-state index contributed by atoms with van der Waals surface area (Å²) < 4.78 is 1.05. The number of carbonyl (C=O) groups is 1. The van der Waals surface area contributed by atoms with Gasteiger partial charge in [0.2, 0.25) is 5.91 Å². The molecule has 0 saturated carbocycles. The molecule has 0 aliphatic rings. The average Bonchev–Trinajstić information content (AvgIpc) is 2.32. The van der Waals surface area contributed by atoms with Crippen LogP contribution >= 0.6 is 22.6 Å². The van der Waals surface area contributed by atoms with Crippen molar-refractivity contribution in [1.29, 1.82) is 5.26 Å². The fourth-order valence-electron chi connectivity index (χ4n) is 1.60. The monoisotopic (exact) mass is 342 g/mol.